The quantitative estimate of drug-likeness (QED) is 0.871. The van der Waals surface area contributed by atoms with Gasteiger partial charge in [-0.3, -0.25) is 4.79 Å². The minimum absolute atomic E-state index is 0.0501. The Labute approximate surface area is 135 Å². The molecule has 22 heavy (non-hydrogen) atoms. The summed E-state index contributed by atoms with van der Waals surface area (Å²) in [5, 5.41) is 6.45. The SMILES string of the molecule is CO[C@@H]1CN[C@H](C(=O)NCC(C)(C)c2ccc(F)cc2Cl)C1. The summed E-state index contributed by atoms with van der Waals surface area (Å²) in [6, 6.07) is 4.11. The lowest BCUT2D eigenvalue weighted by Crippen LogP contribution is -2.45. The summed E-state index contributed by atoms with van der Waals surface area (Å²) in [6.45, 7) is 5.04. The Morgan fingerprint density at radius 1 is 1.55 bits per heavy atom. The third-order valence-electron chi connectivity index (χ3n) is 4.11. The number of methoxy groups -OCH3 is 1. The molecule has 1 saturated heterocycles. The summed E-state index contributed by atoms with van der Waals surface area (Å²) in [6.07, 6.45) is 0.746. The van der Waals surface area contributed by atoms with Crippen LogP contribution < -0.4 is 10.6 Å². The third kappa shape index (κ3) is 3.97. The van der Waals surface area contributed by atoms with Gasteiger partial charge in [0.2, 0.25) is 5.91 Å². The first-order chi connectivity index (χ1) is 10.3. The van der Waals surface area contributed by atoms with Crippen molar-refractivity contribution in [1.82, 2.24) is 10.6 Å². The van der Waals surface area contributed by atoms with Gasteiger partial charge in [-0.15, -0.1) is 0 Å². The second kappa shape index (κ2) is 6.94. The molecule has 1 aromatic rings. The summed E-state index contributed by atoms with van der Waals surface area (Å²) in [7, 11) is 1.65. The lowest BCUT2D eigenvalue weighted by atomic mass is 9.84. The fourth-order valence-electron chi connectivity index (χ4n) is 2.65. The number of nitrogens with one attached hydrogen (secondary N) is 2. The zero-order valence-electron chi connectivity index (χ0n) is 13.1. The van der Waals surface area contributed by atoms with Gasteiger partial charge < -0.3 is 15.4 Å². The summed E-state index contributed by atoms with van der Waals surface area (Å²) >= 11 is 6.11. The minimum Gasteiger partial charge on any atom is -0.380 e. The van der Waals surface area contributed by atoms with Gasteiger partial charge in [-0.2, -0.15) is 0 Å². The van der Waals surface area contributed by atoms with Crippen molar-refractivity contribution in [3.8, 4) is 0 Å². The molecular weight excluding hydrogens is 307 g/mol. The van der Waals surface area contributed by atoms with E-state index in [-0.39, 0.29) is 29.3 Å². The maximum Gasteiger partial charge on any atom is 0.237 e. The van der Waals surface area contributed by atoms with Gasteiger partial charge in [0, 0.05) is 30.6 Å². The first-order valence-electron chi connectivity index (χ1n) is 7.33. The number of amides is 1. The average molecular weight is 329 g/mol. The molecule has 2 atom stereocenters. The van der Waals surface area contributed by atoms with E-state index in [2.05, 4.69) is 10.6 Å². The van der Waals surface area contributed by atoms with Crippen LogP contribution in [0.15, 0.2) is 18.2 Å². The smallest absolute Gasteiger partial charge is 0.237 e. The molecule has 0 bridgehead atoms. The van der Waals surface area contributed by atoms with Crippen molar-refractivity contribution < 1.29 is 13.9 Å². The average Bonchev–Trinajstić information content (AvgIpc) is 2.93. The molecule has 0 spiro atoms. The number of rotatable bonds is 5. The second-order valence-electron chi connectivity index (χ2n) is 6.28. The molecule has 0 aliphatic carbocycles. The van der Waals surface area contributed by atoms with E-state index in [1.165, 1.54) is 12.1 Å². The molecular formula is C16H22ClFN2O2. The van der Waals surface area contributed by atoms with Gasteiger partial charge in [-0.1, -0.05) is 31.5 Å². The van der Waals surface area contributed by atoms with E-state index in [0.29, 0.717) is 24.5 Å². The van der Waals surface area contributed by atoms with Crippen molar-refractivity contribution in [2.75, 3.05) is 20.2 Å². The number of hydrogen-bond acceptors (Lipinski definition) is 3. The highest BCUT2D eigenvalue weighted by Crippen LogP contribution is 2.30. The Kier molecular flexibility index (Phi) is 5.42. The van der Waals surface area contributed by atoms with E-state index in [1.54, 1.807) is 13.2 Å². The van der Waals surface area contributed by atoms with Gasteiger partial charge in [0.15, 0.2) is 0 Å². The molecule has 2 N–H and O–H groups in total. The van der Waals surface area contributed by atoms with Crippen LogP contribution in [0, 0.1) is 5.82 Å². The number of benzene rings is 1. The van der Waals surface area contributed by atoms with Crippen LogP contribution in [-0.4, -0.2) is 38.3 Å². The summed E-state index contributed by atoms with van der Waals surface area (Å²) in [5.41, 5.74) is 0.421. The van der Waals surface area contributed by atoms with Crippen molar-refractivity contribution in [3.63, 3.8) is 0 Å². The zero-order chi connectivity index (χ0) is 16.3. The monoisotopic (exact) mass is 328 g/mol. The molecule has 122 valence electrons. The summed E-state index contributed by atoms with van der Waals surface area (Å²) < 4.78 is 18.4. The molecule has 0 radical (unpaired) electrons. The van der Waals surface area contributed by atoms with Crippen molar-refractivity contribution in [2.24, 2.45) is 0 Å². The Hall–Kier alpha value is -1.17. The molecule has 2 rings (SSSR count). The van der Waals surface area contributed by atoms with Crippen LogP contribution in [0.2, 0.25) is 5.02 Å². The molecule has 1 heterocycles. The summed E-state index contributed by atoms with van der Waals surface area (Å²) in [4.78, 5) is 12.2. The fraction of sp³-hybridized carbons (Fsp3) is 0.562. The number of carbonyl (C=O) groups is 1. The van der Waals surface area contributed by atoms with Crippen LogP contribution in [0.25, 0.3) is 0 Å². The highest BCUT2D eigenvalue weighted by atomic mass is 35.5. The third-order valence-corrected chi connectivity index (χ3v) is 4.42. The number of ether oxygens (including phenoxy) is 1. The first kappa shape index (κ1) is 17.2. The van der Waals surface area contributed by atoms with Gasteiger partial charge in [0.05, 0.1) is 12.1 Å². The Morgan fingerprint density at radius 3 is 2.86 bits per heavy atom. The lowest BCUT2D eigenvalue weighted by Gasteiger charge is -2.27. The van der Waals surface area contributed by atoms with Crippen LogP contribution in [-0.2, 0) is 14.9 Å². The number of carbonyl (C=O) groups excluding carboxylic acids is 1. The molecule has 1 fully saturated rings. The van der Waals surface area contributed by atoms with E-state index in [0.717, 1.165) is 5.56 Å². The van der Waals surface area contributed by atoms with Gasteiger partial charge in [0.1, 0.15) is 5.82 Å². The predicted molar refractivity (Wildman–Crippen MR) is 84.7 cm³/mol. The normalized spacial score (nSPS) is 21.9. The van der Waals surface area contributed by atoms with Gasteiger partial charge >= 0.3 is 0 Å². The second-order valence-corrected chi connectivity index (χ2v) is 6.69. The highest BCUT2D eigenvalue weighted by Gasteiger charge is 2.31. The van der Waals surface area contributed by atoms with Crippen molar-refractivity contribution in [2.45, 2.75) is 37.8 Å². The fourth-order valence-corrected chi connectivity index (χ4v) is 3.07. The molecule has 6 heteroatoms. The zero-order valence-corrected chi connectivity index (χ0v) is 13.8. The van der Waals surface area contributed by atoms with Crippen LogP contribution in [0.3, 0.4) is 0 Å². The Morgan fingerprint density at radius 2 is 2.27 bits per heavy atom. The molecule has 0 saturated carbocycles. The van der Waals surface area contributed by atoms with E-state index in [1.807, 2.05) is 13.8 Å². The van der Waals surface area contributed by atoms with Crippen LogP contribution >= 0.6 is 11.6 Å². The van der Waals surface area contributed by atoms with Gasteiger partial charge in [-0.05, 0) is 24.1 Å². The van der Waals surface area contributed by atoms with Gasteiger partial charge in [-0.25, -0.2) is 4.39 Å². The predicted octanol–water partition coefficient (Wildman–Crippen LogP) is 2.25. The van der Waals surface area contributed by atoms with Crippen molar-refractivity contribution in [1.29, 1.82) is 0 Å². The minimum atomic E-state index is -0.389. The first-order valence-corrected chi connectivity index (χ1v) is 7.70. The number of hydrogen-bond donors (Lipinski definition) is 2. The van der Waals surface area contributed by atoms with Crippen LogP contribution in [0.4, 0.5) is 4.39 Å². The summed E-state index contributed by atoms with van der Waals surface area (Å²) in [5.74, 6) is -0.416. The number of halogens is 2. The van der Waals surface area contributed by atoms with E-state index in [4.69, 9.17) is 16.3 Å². The lowest BCUT2D eigenvalue weighted by molar-refractivity contribution is -0.123. The molecule has 1 aromatic carbocycles. The molecule has 1 aliphatic rings. The Bertz CT molecular complexity index is 551. The highest BCUT2D eigenvalue weighted by molar-refractivity contribution is 6.31. The topological polar surface area (TPSA) is 50.4 Å². The molecule has 0 unspecified atom stereocenters. The Balaban J connectivity index is 1.96. The molecule has 4 nitrogen and oxygen atoms in total. The van der Waals surface area contributed by atoms with Crippen LogP contribution in [0.5, 0.6) is 0 Å². The molecule has 0 aromatic heterocycles. The van der Waals surface area contributed by atoms with E-state index < -0.39 is 0 Å². The van der Waals surface area contributed by atoms with E-state index in [9.17, 15) is 9.18 Å². The standard InChI is InChI=1S/C16H22ClFN2O2/c1-16(2,12-5-4-10(18)6-13(12)17)9-20-15(21)14-7-11(22-3)8-19-14/h4-6,11,14,19H,7-9H2,1-3H3,(H,20,21)/t11-,14-/m0/s1. The van der Waals surface area contributed by atoms with E-state index >= 15 is 0 Å². The van der Waals surface area contributed by atoms with Crippen LogP contribution in [0.1, 0.15) is 25.8 Å². The maximum atomic E-state index is 13.2. The van der Waals surface area contributed by atoms with Crippen molar-refractivity contribution in [3.05, 3.63) is 34.6 Å². The van der Waals surface area contributed by atoms with Gasteiger partial charge in [0.25, 0.3) is 0 Å². The molecule has 1 aliphatic heterocycles. The van der Waals surface area contributed by atoms with Crippen molar-refractivity contribution >= 4 is 17.5 Å². The maximum absolute atomic E-state index is 13.2. The largest absolute Gasteiger partial charge is 0.380 e. The molecule has 1 amide bonds.